The van der Waals surface area contributed by atoms with Gasteiger partial charge in [-0.1, -0.05) is 6.92 Å². The number of carboxylic acids is 1. The van der Waals surface area contributed by atoms with Crippen LogP contribution in [0.5, 0.6) is 0 Å². The van der Waals surface area contributed by atoms with E-state index < -0.39 is 11.4 Å². The summed E-state index contributed by atoms with van der Waals surface area (Å²) >= 11 is 0. The summed E-state index contributed by atoms with van der Waals surface area (Å²) in [7, 11) is 0. The third kappa shape index (κ3) is 4.61. The van der Waals surface area contributed by atoms with Gasteiger partial charge >= 0.3 is 12.0 Å². The molecule has 1 fully saturated rings. The first kappa shape index (κ1) is 17.3. The molecule has 0 unspecified atom stereocenters. The Hall–Kier alpha value is -1.79. The van der Waals surface area contributed by atoms with Crippen LogP contribution in [0, 0.1) is 5.41 Å². The van der Waals surface area contributed by atoms with Gasteiger partial charge in [-0.05, 0) is 26.2 Å². The molecule has 0 aliphatic carbocycles. The number of nitrogens with one attached hydrogen (secondary N) is 2. The Balaban J connectivity index is 2.35. The van der Waals surface area contributed by atoms with Gasteiger partial charge in [-0.2, -0.15) is 0 Å². The van der Waals surface area contributed by atoms with Gasteiger partial charge in [0.15, 0.2) is 0 Å². The van der Waals surface area contributed by atoms with Crippen molar-refractivity contribution in [2.45, 2.75) is 39.5 Å². The molecule has 1 heterocycles. The molecule has 1 aliphatic rings. The number of rotatable bonds is 6. The predicted octanol–water partition coefficient (Wildman–Crippen LogP) is 0.799. The monoisotopic (exact) mass is 299 g/mol. The lowest BCUT2D eigenvalue weighted by Gasteiger charge is -2.38. The summed E-state index contributed by atoms with van der Waals surface area (Å²) in [5, 5.41) is 14.7. The molecule has 3 N–H and O–H groups in total. The minimum Gasteiger partial charge on any atom is -0.481 e. The van der Waals surface area contributed by atoms with E-state index >= 15 is 0 Å². The first-order valence-electron chi connectivity index (χ1n) is 7.48. The molecule has 0 aromatic carbocycles. The van der Waals surface area contributed by atoms with Crippen LogP contribution in [0.15, 0.2) is 0 Å². The van der Waals surface area contributed by atoms with Gasteiger partial charge in [0.2, 0.25) is 5.91 Å². The second-order valence-corrected chi connectivity index (χ2v) is 5.36. The summed E-state index contributed by atoms with van der Waals surface area (Å²) in [6, 6.07) is -0.227. The lowest BCUT2D eigenvalue weighted by Crippen LogP contribution is -2.49. The molecule has 7 nitrogen and oxygen atoms in total. The Morgan fingerprint density at radius 1 is 1.14 bits per heavy atom. The normalized spacial score (nSPS) is 17.1. The minimum absolute atomic E-state index is 0.0904. The third-order valence-corrected chi connectivity index (χ3v) is 4.14. The highest BCUT2D eigenvalue weighted by molar-refractivity contribution is 5.79. The van der Waals surface area contributed by atoms with Crippen molar-refractivity contribution in [2.75, 3.05) is 26.2 Å². The highest BCUT2D eigenvalue weighted by atomic mass is 16.4. The van der Waals surface area contributed by atoms with Crippen LogP contribution < -0.4 is 10.6 Å². The maximum atomic E-state index is 11.9. The molecular formula is C14H25N3O4. The molecule has 0 atom stereocenters. The highest BCUT2D eigenvalue weighted by Gasteiger charge is 2.40. The van der Waals surface area contributed by atoms with Gasteiger partial charge in [0, 0.05) is 32.6 Å². The van der Waals surface area contributed by atoms with E-state index in [-0.39, 0.29) is 18.4 Å². The van der Waals surface area contributed by atoms with Gasteiger partial charge < -0.3 is 20.6 Å². The summed E-state index contributed by atoms with van der Waals surface area (Å²) in [4.78, 5) is 36.1. The maximum absolute atomic E-state index is 11.9. The fourth-order valence-corrected chi connectivity index (χ4v) is 2.54. The van der Waals surface area contributed by atoms with Crippen molar-refractivity contribution < 1.29 is 19.5 Å². The number of carboxylic acid groups (broad SMARTS) is 1. The van der Waals surface area contributed by atoms with Crippen molar-refractivity contribution in [1.82, 2.24) is 15.5 Å². The van der Waals surface area contributed by atoms with E-state index in [1.165, 1.54) is 0 Å². The van der Waals surface area contributed by atoms with Crippen LogP contribution in [0.25, 0.3) is 0 Å². The molecule has 3 amide bonds. The number of hydrogen-bond acceptors (Lipinski definition) is 3. The van der Waals surface area contributed by atoms with Crippen LogP contribution in [0.4, 0.5) is 4.79 Å². The zero-order valence-corrected chi connectivity index (χ0v) is 12.8. The van der Waals surface area contributed by atoms with Crippen molar-refractivity contribution in [2.24, 2.45) is 5.41 Å². The lowest BCUT2D eigenvalue weighted by molar-refractivity contribution is -0.152. The Morgan fingerprint density at radius 3 is 2.24 bits per heavy atom. The maximum Gasteiger partial charge on any atom is 0.317 e. The number of piperidine rings is 1. The number of urea groups is 1. The van der Waals surface area contributed by atoms with E-state index in [9.17, 15) is 19.5 Å². The number of nitrogens with zero attached hydrogens (tertiary/aromatic N) is 1. The minimum atomic E-state index is -0.777. The Kier molecular flexibility index (Phi) is 6.45. The van der Waals surface area contributed by atoms with Gasteiger partial charge in [-0.15, -0.1) is 0 Å². The summed E-state index contributed by atoms with van der Waals surface area (Å²) in [5.74, 6) is -0.867. The zero-order valence-electron chi connectivity index (χ0n) is 12.8. The molecule has 1 saturated heterocycles. The van der Waals surface area contributed by atoms with Crippen LogP contribution in [0.3, 0.4) is 0 Å². The molecule has 1 aliphatic heterocycles. The molecule has 0 saturated carbocycles. The van der Waals surface area contributed by atoms with E-state index in [0.29, 0.717) is 45.4 Å². The SMILES string of the molecule is CCNC(=O)CCNC(=O)N1CCC(CC)(C(=O)O)CC1. The van der Waals surface area contributed by atoms with E-state index in [4.69, 9.17) is 0 Å². The molecule has 0 aromatic rings. The first-order valence-corrected chi connectivity index (χ1v) is 7.48. The average molecular weight is 299 g/mol. The Morgan fingerprint density at radius 2 is 1.76 bits per heavy atom. The van der Waals surface area contributed by atoms with Gasteiger partial charge in [0.1, 0.15) is 0 Å². The third-order valence-electron chi connectivity index (χ3n) is 4.14. The quantitative estimate of drug-likeness (QED) is 0.675. The summed E-state index contributed by atoms with van der Waals surface area (Å²) in [6.45, 7) is 5.45. The average Bonchev–Trinajstić information content (AvgIpc) is 2.47. The number of hydrogen-bond donors (Lipinski definition) is 3. The van der Waals surface area contributed by atoms with Gasteiger partial charge in [-0.25, -0.2) is 4.79 Å². The zero-order chi connectivity index (χ0) is 15.9. The standard InChI is InChI=1S/C14H25N3O4/c1-3-14(12(19)20)6-9-17(10-7-14)13(21)16-8-5-11(18)15-4-2/h3-10H2,1-2H3,(H,15,18)(H,16,21)(H,19,20). The molecule has 120 valence electrons. The van der Waals surface area contributed by atoms with E-state index in [1.54, 1.807) is 4.90 Å². The molecule has 21 heavy (non-hydrogen) atoms. The Labute approximate surface area is 125 Å². The molecular weight excluding hydrogens is 274 g/mol. The van der Waals surface area contributed by atoms with Gasteiger partial charge in [0.25, 0.3) is 0 Å². The second-order valence-electron chi connectivity index (χ2n) is 5.36. The predicted molar refractivity (Wildman–Crippen MR) is 77.9 cm³/mol. The largest absolute Gasteiger partial charge is 0.481 e. The van der Waals surface area contributed by atoms with E-state index in [1.807, 2.05) is 13.8 Å². The molecule has 0 spiro atoms. The molecule has 1 rings (SSSR count). The van der Waals surface area contributed by atoms with Gasteiger partial charge in [0.05, 0.1) is 5.41 Å². The molecule has 0 bridgehead atoms. The van der Waals surface area contributed by atoms with Crippen molar-refractivity contribution in [3.8, 4) is 0 Å². The van der Waals surface area contributed by atoms with E-state index in [2.05, 4.69) is 10.6 Å². The topological polar surface area (TPSA) is 98.7 Å². The van der Waals surface area contributed by atoms with Crippen molar-refractivity contribution in [3.05, 3.63) is 0 Å². The van der Waals surface area contributed by atoms with Crippen LogP contribution in [-0.2, 0) is 9.59 Å². The fourth-order valence-electron chi connectivity index (χ4n) is 2.54. The summed E-state index contributed by atoms with van der Waals surface area (Å²) in [5.41, 5.74) is -0.697. The van der Waals surface area contributed by atoms with Crippen LogP contribution in [-0.4, -0.2) is 54.1 Å². The number of aliphatic carboxylic acids is 1. The van der Waals surface area contributed by atoms with E-state index in [0.717, 1.165) is 0 Å². The second kappa shape index (κ2) is 7.85. The van der Waals surface area contributed by atoms with Crippen molar-refractivity contribution in [3.63, 3.8) is 0 Å². The number of amides is 3. The van der Waals surface area contributed by atoms with Crippen LogP contribution in [0.2, 0.25) is 0 Å². The van der Waals surface area contributed by atoms with Gasteiger partial charge in [-0.3, -0.25) is 9.59 Å². The summed E-state index contributed by atoms with van der Waals surface area (Å²) < 4.78 is 0. The number of carbonyl (C=O) groups excluding carboxylic acids is 2. The number of likely N-dealkylation sites (tertiary alicyclic amines) is 1. The fraction of sp³-hybridized carbons (Fsp3) is 0.786. The van der Waals surface area contributed by atoms with Crippen molar-refractivity contribution in [1.29, 1.82) is 0 Å². The Bertz CT molecular complexity index is 390. The molecule has 0 radical (unpaired) electrons. The highest BCUT2D eigenvalue weighted by Crippen LogP contribution is 2.35. The van der Waals surface area contributed by atoms with Crippen LogP contribution in [0.1, 0.15) is 39.5 Å². The smallest absolute Gasteiger partial charge is 0.317 e. The molecule has 0 aromatic heterocycles. The van der Waals surface area contributed by atoms with Crippen LogP contribution >= 0.6 is 0 Å². The summed E-state index contributed by atoms with van der Waals surface area (Å²) in [6.07, 6.45) is 1.78. The van der Waals surface area contributed by atoms with Crippen molar-refractivity contribution >= 4 is 17.9 Å². The first-order chi connectivity index (χ1) is 9.95. The number of carbonyl (C=O) groups is 3. The molecule has 7 heteroatoms. The lowest BCUT2D eigenvalue weighted by atomic mass is 9.76.